The van der Waals surface area contributed by atoms with Gasteiger partial charge >= 0.3 is 0 Å². The molecular weight excluding hydrogens is 114 g/mol. The van der Waals surface area contributed by atoms with Gasteiger partial charge in [0, 0.05) is 5.56 Å². The summed E-state index contributed by atoms with van der Waals surface area (Å²) in [6.45, 7) is 1.94. The third-order valence-corrected chi connectivity index (χ3v) is 1.05. The molecule has 3 N–H and O–H groups in total. The largest absolute Gasteiger partial charge is 0.384 e. The highest BCUT2D eigenvalue weighted by Gasteiger charge is 1.92. The van der Waals surface area contributed by atoms with E-state index in [0.29, 0.717) is 5.82 Å². The van der Waals surface area contributed by atoms with Gasteiger partial charge in [-0.15, -0.1) is 0 Å². The van der Waals surface area contributed by atoms with Crippen LogP contribution in [0.4, 0.5) is 5.82 Å². The maximum absolute atomic E-state index is 5.46. The van der Waals surface area contributed by atoms with Crippen molar-refractivity contribution in [3.63, 3.8) is 0 Å². The van der Waals surface area contributed by atoms with Crippen LogP contribution in [0, 0.1) is 0 Å². The first-order chi connectivity index (χ1) is 4.34. The third-order valence-electron chi connectivity index (χ3n) is 1.05. The summed E-state index contributed by atoms with van der Waals surface area (Å²) in [6.07, 6.45) is 5.51. The number of hydrogen-bond donors (Lipinski definition) is 2. The normalized spacial score (nSPS) is 10.8. The van der Waals surface area contributed by atoms with Gasteiger partial charge in [-0.3, -0.25) is 5.10 Å². The van der Waals surface area contributed by atoms with Gasteiger partial charge in [0.05, 0.1) is 6.20 Å². The second-order valence-electron chi connectivity index (χ2n) is 1.74. The molecule has 0 aliphatic carbocycles. The van der Waals surface area contributed by atoms with Crippen LogP contribution in [-0.4, -0.2) is 10.2 Å². The third kappa shape index (κ3) is 1.10. The summed E-state index contributed by atoms with van der Waals surface area (Å²) in [4.78, 5) is 0. The molecule has 0 radical (unpaired) electrons. The molecule has 0 atom stereocenters. The van der Waals surface area contributed by atoms with Crippen molar-refractivity contribution in [3.05, 3.63) is 17.8 Å². The first-order valence-electron chi connectivity index (χ1n) is 2.76. The Kier molecular flexibility index (Phi) is 1.53. The quantitative estimate of drug-likeness (QED) is 0.585. The first kappa shape index (κ1) is 5.88. The van der Waals surface area contributed by atoms with Crippen molar-refractivity contribution in [2.45, 2.75) is 6.92 Å². The number of hydrogen-bond acceptors (Lipinski definition) is 2. The number of nitrogens with one attached hydrogen (secondary N) is 1. The van der Waals surface area contributed by atoms with Crippen LogP contribution in [-0.2, 0) is 0 Å². The predicted molar refractivity (Wildman–Crippen MR) is 37.7 cm³/mol. The van der Waals surface area contributed by atoms with Gasteiger partial charge in [0.15, 0.2) is 0 Å². The van der Waals surface area contributed by atoms with Crippen LogP contribution in [0.2, 0.25) is 0 Å². The molecule has 1 rings (SSSR count). The molecule has 0 spiro atoms. The number of nitrogens with two attached hydrogens (primary N) is 1. The zero-order valence-corrected chi connectivity index (χ0v) is 5.26. The van der Waals surface area contributed by atoms with Crippen LogP contribution in [0.25, 0.3) is 6.08 Å². The molecule has 0 aliphatic heterocycles. The van der Waals surface area contributed by atoms with Crippen LogP contribution < -0.4 is 5.73 Å². The smallest absolute Gasteiger partial charge is 0.126 e. The maximum Gasteiger partial charge on any atom is 0.126 e. The van der Waals surface area contributed by atoms with Gasteiger partial charge in [0.1, 0.15) is 5.82 Å². The Balaban J connectivity index is 2.94. The summed E-state index contributed by atoms with van der Waals surface area (Å²) < 4.78 is 0. The van der Waals surface area contributed by atoms with Crippen molar-refractivity contribution in [2.75, 3.05) is 5.73 Å². The van der Waals surface area contributed by atoms with E-state index in [4.69, 9.17) is 5.73 Å². The van der Waals surface area contributed by atoms with Crippen molar-refractivity contribution < 1.29 is 0 Å². The molecule has 9 heavy (non-hydrogen) atoms. The van der Waals surface area contributed by atoms with E-state index in [1.54, 1.807) is 6.20 Å². The van der Waals surface area contributed by atoms with Crippen molar-refractivity contribution in [1.82, 2.24) is 10.2 Å². The van der Waals surface area contributed by atoms with E-state index in [1.165, 1.54) is 0 Å². The maximum atomic E-state index is 5.46. The fourth-order valence-electron chi connectivity index (χ4n) is 0.618. The van der Waals surface area contributed by atoms with E-state index in [1.807, 2.05) is 19.1 Å². The number of aromatic nitrogens is 2. The first-order valence-corrected chi connectivity index (χ1v) is 2.76. The van der Waals surface area contributed by atoms with Gasteiger partial charge in [-0.1, -0.05) is 12.2 Å². The molecule has 3 nitrogen and oxygen atoms in total. The van der Waals surface area contributed by atoms with E-state index >= 15 is 0 Å². The van der Waals surface area contributed by atoms with Crippen LogP contribution in [0.1, 0.15) is 12.5 Å². The zero-order valence-electron chi connectivity index (χ0n) is 5.26. The lowest BCUT2D eigenvalue weighted by Gasteiger charge is -1.84. The fourth-order valence-corrected chi connectivity index (χ4v) is 0.618. The number of allylic oxidation sites excluding steroid dienone is 1. The summed E-state index contributed by atoms with van der Waals surface area (Å²) in [6, 6.07) is 0. The Bertz CT molecular complexity index is 212. The van der Waals surface area contributed by atoms with Crippen molar-refractivity contribution >= 4 is 11.9 Å². The molecule has 1 heterocycles. The van der Waals surface area contributed by atoms with Gasteiger partial charge in [-0.25, -0.2) is 0 Å². The highest BCUT2D eigenvalue weighted by atomic mass is 15.1. The zero-order chi connectivity index (χ0) is 6.69. The summed E-state index contributed by atoms with van der Waals surface area (Å²) in [5.74, 6) is 0.619. The summed E-state index contributed by atoms with van der Waals surface area (Å²) in [7, 11) is 0. The molecule has 0 amide bonds. The average Bonchev–Trinajstić information content (AvgIpc) is 2.18. The minimum Gasteiger partial charge on any atom is -0.384 e. The molecule has 0 aromatic carbocycles. The standard InChI is InChI=1S/C6H9N3/c1-2-3-5-4-8-9-6(5)7/h2-4H,1H3,(H3,7,8,9). The Morgan fingerprint density at radius 2 is 2.56 bits per heavy atom. The number of nitrogen functional groups attached to an aromatic ring is 1. The van der Waals surface area contributed by atoms with Crippen molar-refractivity contribution in [3.8, 4) is 0 Å². The lowest BCUT2D eigenvalue weighted by Crippen LogP contribution is -1.85. The van der Waals surface area contributed by atoms with Gasteiger partial charge in [-0.05, 0) is 6.92 Å². The second kappa shape index (κ2) is 2.35. The van der Waals surface area contributed by atoms with Gasteiger partial charge in [-0.2, -0.15) is 5.10 Å². The second-order valence-corrected chi connectivity index (χ2v) is 1.74. The Morgan fingerprint density at radius 1 is 1.78 bits per heavy atom. The Hall–Kier alpha value is -1.25. The summed E-state index contributed by atoms with van der Waals surface area (Å²) >= 11 is 0. The molecule has 0 unspecified atom stereocenters. The summed E-state index contributed by atoms with van der Waals surface area (Å²) in [5, 5.41) is 6.37. The molecule has 3 heteroatoms. The molecule has 0 saturated heterocycles. The van der Waals surface area contributed by atoms with Crippen LogP contribution >= 0.6 is 0 Å². The Morgan fingerprint density at radius 3 is 3.00 bits per heavy atom. The lowest BCUT2D eigenvalue weighted by molar-refractivity contribution is 1.10. The lowest BCUT2D eigenvalue weighted by atomic mass is 10.3. The van der Waals surface area contributed by atoms with E-state index in [0.717, 1.165) is 5.56 Å². The van der Waals surface area contributed by atoms with Gasteiger partial charge in [0.25, 0.3) is 0 Å². The minimum atomic E-state index is 0.619. The highest BCUT2D eigenvalue weighted by Crippen LogP contribution is 2.06. The SMILES string of the molecule is CC=Cc1cn[nH]c1N. The van der Waals surface area contributed by atoms with Crippen LogP contribution in [0.3, 0.4) is 0 Å². The highest BCUT2D eigenvalue weighted by molar-refractivity contribution is 5.59. The predicted octanol–water partition coefficient (Wildman–Crippen LogP) is 1.02. The van der Waals surface area contributed by atoms with E-state index in [9.17, 15) is 0 Å². The molecule has 0 aliphatic rings. The molecule has 1 aromatic rings. The molecule has 0 bridgehead atoms. The molecular formula is C6H9N3. The van der Waals surface area contributed by atoms with Crippen LogP contribution in [0.15, 0.2) is 12.3 Å². The molecule has 48 valence electrons. The molecule has 0 fully saturated rings. The number of H-pyrrole nitrogens is 1. The monoisotopic (exact) mass is 123 g/mol. The van der Waals surface area contributed by atoms with Gasteiger partial charge < -0.3 is 5.73 Å². The van der Waals surface area contributed by atoms with Gasteiger partial charge in [0.2, 0.25) is 0 Å². The molecule has 1 aromatic heterocycles. The fraction of sp³-hybridized carbons (Fsp3) is 0.167. The number of nitrogens with zero attached hydrogens (tertiary/aromatic N) is 1. The van der Waals surface area contributed by atoms with Crippen molar-refractivity contribution in [1.29, 1.82) is 0 Å². The average molecular weight is 123 g/mol. The Labute approximate surface area is 53.6 Å². The number of aromatic amines is 1. The number of anilines is 1. The van der Waals surface area contributed by atoms with E-state index in [-0.39, 0.29) is 0 Å². The van der Waals surface area contributed by atoms with Crippen LogP contribution in [0.5, 0.6) is 0 Å². The minimum absolute atomic E-state index is 0.619. The van der Waals surface area contributed by atoms with E-state index < -0.39 is 0 Å². The topological polar surface area (TPSA) is 54.7 Å². The number of rotatable bonds is 1. The summed E-state index contributed by atoms with van der Waals surface area (Å²) in [5.41, 5.74) is 6.40. The molecule has 0 saturated carbocycles. The van der Waals surface area contributed by atoms with Crippen molar-refractivity contribution in [2.24, 2.45) is 0 Å². The van der Waals surface area contributed by atoms with E-state index in [2.05, 4.69) is 10.2 Å².